The molecule has 142 valence electrons. The number of anilines is 1. The summed E-state index contributed by atoms with van der Waals surface area (Å²) >= 11 is 0. The van der Waals surface area contributed by atoms with Gasteiger partial charge in [-0.25, -0.2) is 0 Å². The van der Waals surface area contributed by atoms with Gasteiger partial charge >= 0.3 is 0 Å². The molecule has 2 amide bonds. The fourth-order valence-electron chi connectivity index (χ4n) is 3.47. The van der Waals surface area contributed by atoms with Gasteiger partial charge in [0.2, 0.25) is 5.91 Å². The van der Waals surface area contributed by atoms with Crippen LogP contribution in [0.3, 0.4) is 0 Å². The molecule has 0 aliphatic heterocycles. The smallest absolute Gasteiger partial charge is 0.253 e. The van der Waals surface area contributed by atoms with Gasteiger partial charge in [0.05, 0.1) is 11.3 Å². The molecular formula is C22H27N3O2. The van der Waals surface area contributed by atoms with Crippen LogP contribution in [-0.2, 0) is 11.3 Å². The third-order valence-corrected chi connectivity index (χ3v) is 5.09. The zero-order valence-corrected chi connectivity index (χ0v) is 15.7. The summed E-state index contributed by atoms with van der Waals surface area (Å²) in [5.41, 5.74) is 9.22. The van der Waals surface area contributed by atoms with Crippen molar-refractivity contribution < 1.29 is 9.59 Å². The molecule has 0 spiro atoms. The zero-order valence-electron chi connectivity index (χ0n) is 15.7. The number of rotatable bonds is 5. The monoisotopic (exact) mass is 365 g/mol. The summed E-state index contributed by atoms with van der Waals surface area (Å²) in [6.07, 6.45) is 3.49. The standard InChI is InChI=1S/C22H27N3O2/c1-15-9-11-16(12-10-15)14-24-22(27)19-7-2-3-8-20(19)25-21(26)17-5-4-6-18(23)13-17/h2-3,7-12,17-18H,4-6,13-14,23H2,1H3,(H,24,27)(H,25,26). The number of hydrogen-bond donors (Lipinski definition) is 3. The minimum Gasteiger partial charge on any atom is -0.348 e. The molecule has 1 saturated carbocycles. The van der Waals surface area contributed by atoms with Crippen molar-refractivity contribution in [3.8, 4) is 0 Å². The van der Waals surface area contributed by atoms with Crippen LogP contribution in [0.2, 0.25) is 0 Å². The van der Waals surface area contributed by atoms with Gasteiger partial charge in [-0.3, -0.25) is 9.59 Å². The molecule has 5 heteroatoms. The molecule has 1 fully saturated rings. The van der Waals surface area contributed by atoms with Gasteiger partial charge in [-0.2, -0.15) is 0 Å². The lowest BCUT2D eigenvalue weighted by Crippen LogP contribution is -2.34. The van der Waals surface area contributed by atoms with Crippen molar-refractivity contribution in [2.24, 2.45) is 11.7 Å². The molecule has 4 N–H and O–H groups in total. The largest absolute Gasteiger partial charge is 0.348 e. The topological polar surface area (TPSA) is 84.2 Å². The summed E-state index contributed by atoms with van der Waals surface area (Å²) in [4.78, 5) is 25.2. The normalized spacial score (nSPS) is 19.3. The van der Waals surface area contributed by atoms with Crippen LogP contribution in [0.4, 0.5) is 5.69 Å². The highest BCUT2D eigenvalue weighted by molar-refractivity contribution is 6.04. The molecule has 2 unspecified atom stereocenters. The zero-order chi connectivity index (χ0) is 19.2. The van der Waals surface area contributed by atoms with Crippen molar-refractivity contribution in [2.75, 3.05) is 5.32 Å². The van der Waals surface area contributed by atoms with E-state index < -0.39 is 0 Å². The van der Waals surface area contributed by atoms with E-state index in [1.807, 2.05) is 37.3 Å². The number of nitrogens with two attached hydrogens (primary N) is 1. The van der Waals surface area contributed by atoms with Crippen LogP contribution in [-0.4, -0.2) is 17.9 Å². The van der Waals surface area contributed by atoms with Crippen molar-refractivity contribution in [3.63, 3.8) is 0 Å². The van der Waals surface area contributed by atoms with Crippen molar-refractivity contribution in [2.45, 2.75) is 45.2 Å². The van der Waals surface area contributed by atoms with Crippen molar-refractivity contribution in [1.29, 1.82) is 0 Å². The second kappa shape index (κ2) is 8.82. The van der Waals surface area contributed by atoms with Gasteiger partial charge in [0.1, 0.15) is 0 Å². The number of aryl methyl sites for hydroxylation is 1. The number of benzene rings is 2. The van der Waals surface area contributed by atoms with E-state index in [1.165, 1.54) is 5.56 Å². The number of hydrogen-bond acceptors (Lipinski definition) is 3. The molecule has 2 aromatic carbocycles. The number of para-hydroxylation sites is 1. The van der Waals surface area contributed by atoms with Crippen LogP contribution in [0.15, 0.2) is 48.5 Å². The quantitative estimate of drug-likeness (QED) is 0.759. The summed E-state index contributed by atoms with van der Waals surface area (Å²) in [6, 6.07) is 15.2. The Bertz CT molecular complexity index is 801. The van der Waals surface area contributed by atoms with Crippen LogP contribution in [0.1, 0.15) is 47.2 Å². The first-order chi connectivity index (χ1) is 13.0. The first kappa shape index (κ1) is 19.1. The SMILES string of the molecule is Cc1ccc(CNC(=O)c2ccccc2NC(=O)C2CCCC(N)C2)cc1. The van der Waals surface area contributed by atoms with Crippen LogP contribution < -0.4 is 16.4 Å². The van der Waals surface area contributed by atoms with Gasteiger partial charge in [0.25, 0.3) is 5.91 Å². The second-order valence-corrected chi connectivity index (χ2v) is 7.33. The molecule has 2 aromatic rings. The van der Waals surface area contributed by atoms with E-state index in [0.29, 0.717) is 24.2 Å². The fourth-order valence-corrected chi connectivity index (χ4v) is 3.47. The van der Waals surface area contributed by atoms with Gasteiger partial charge in [-0.15, -0.1) is 0 Å². The Kier molecular flexibility index (Phi) is 6.24. The summed E-state index contributed by atoms with van der Waals surface area (Å²) < 4.78 is 0. The highest BCUT2D eigenvalue weighted by Gasteiger charge is 2.26. The van der Waals surface area contributed by atoms with Gasteiger partial charge in [0, 0.05) is 18.5 Å². The molecule has 0 radical (unpaired) electrons. The van der Waals surface area contributed by atoms with E-state index in [9.17, 15) is 9.59 Å². The van der Waals surface area contributed by atoms with Gasteiger partial charge in [-0.05, 0) is 43.9 Å². The molecule has 27 heavy (non-hydrogen) atoms. The third kappa shape index (κ3) is 5.17. The summed E-state index contributed by atoms with van der Waals surface area (Å²) in [5, 5.41) is 5.86. The second-order valence-electron chi connectivity index (χ2n) is 7.33. The summed E-state index contributed by atoms with van der Waals surface area (Å²) in [7, 11) is 0. The van der Waals surface area contributed by atoms with E-state index in [-0.39, 0.29) is 23.8 Å². The molecule has 0 saturated heterocycles. The van der Waals surface area contributed by atoms with Crippen molar-refractivity contribution >= 4 is 17.5 Å². The maximum atomic E-state index is 12.6. The molecule has 3 rings (SSSR count). The first-order valence-corrected chi connectivity index (χ1v) is 9.52. The number of nitrogens with one attached hydrogen (secondary N) is 2. The highest BCUT2D eigenvalue weighted by Crippen LogP contribution is 2.25. The van der Waals surface area contributed by atoms with Gasteiger partial charge < -0.3 is 16.4 Å². The van der Waals surface area contributed by atoms with Crippen LogP contribution in [0.5, 0.6) is 0 Å². The van der Waals surface area contributed by atoms with Gasteiger partial charge in [-0.1, -0.05) is 48.4 Å². The maximum Gasteiger partial charge on any atom is 0.253 e. The molecule has 0 bridgehead atoms. The lowest BCUT2D eigenvalue weighted by atomic mass is 9.85. The Balaban J connectivity index is 1.64. The Morgan fingerprint density at radius 1 is 1.07 bits per heavy atom. The minimum atomic E-state index is -0.202. The number of amides is 2. The van der Waals surface area contributed by atoms with E-state index in [0.717, 1.165) is 24.8 Å². The Morgan fingerprint density at radius 3 is 2.56 bits per heavy atom. The lowest BCUT2D eigenvalue weighted by molar-refractivity contribution is -0.120. The Hall–Kier alpha value is -2.66. The first-order valence-electron chi connectivity index (χ1n) is 9.52. The third-order valence-electron chi connectivity index (χ3n) is 5.09. The van der Waals surface area contributed by atoms with E-state index in [4.69, 9.17) is 5.73 Å². The van der Waals surface area contributed by atoms with Crippen molar-refractivity contribution in [1.82, 2.24) is 5.32 Å². The van der Waals surface area contributed by atoms with Crippen molar-refractivity contribution in [3.05, 3.63) is 65.2 Å². The minimum absolute atomic E-state index is 0.0519. The van der Waals surface area contributed by atoms with E-state index >= 15 is 0 Å². The number of carbonyl (C=O) groups is 2. The molecule has 1 aliphatic carbocycles. The molecule has 1 aliphatic rings. The van der Waals surface area contributed by atoms with E-state index in [2.05, 4.69) is 10.6 Å². The van der Waals surface area contributed by atoms with Crippen LogP contribution in [0.25, 0.3) is 0 Å². The lowest BCUT2D eigenvalue weighted by Gasteiger charge is -2.26. The van der Waals surface area contributed by atoms with Gasteiger partial charge in [0.15, 0.2) is 0 Å². The predicted molar refractivity (Wildman–Crippen MR) is 107 cm³/mol. The predicted octanol–water partition coefficient (Wildman–Crippen LogP) is 3.38. The molecule has 0 aromatic heterocycles. The molecule has 0 heterocycles. The highest BCUT2D eigenvalue weighted by atomic mass is 16.2. The fraction of sp³-hybridized carbons (Fsp3) is 0.364. The average molecular weight is 365 g/mol. The average Bonchev–Trinajstić information content (AvgIpc) is 2.67. The summed E-state index contributed by atoms with van der Waals surface area (Å²) in [6.45, 7) is 2.47. The summed E-state index contributed by atoms with van der Waals surface area (Å²) in [5.74, 6) is -0.340. The van der Waals surface area contributed by atoms with Crippen LogP contribution >= 0.6 is 0 Å². The molecule has 5 nitrogen and oxygen atoms in total. The number of carbonyl (C=O) groups excluding carboxylic acids is 2. The maximum absolute atomic E-state index is 12.6. The molecular weight excluding hydrogens is 338 g/mol. The Morgan fingerprint density at radius 2 is 1.81 bits per heavy atom. The van der Waals surface area contributed by atoms with E-state index in [1.54, 1.807) is 18.2 Å². The van der Waals surface area contributed by atoms with Crippen LogP contribution in [0, 0.1) is 12.8 Å². The molecule has 2 atom stereocenters. The Labute approximate surface area is 160 Å².